The summed E-state index contributed by atoms with van der Waals surface area (Å²) in [4.78, 5) is 6.85. The van der Waals surface area contributed by atoms with Crippen molar-refractivity contribution in [1.29, 1.82) is 0 Å². The average Bonchev–Trinajstić information content (AvgIpc) is 2.84. The monoisotopic (exact) mass is 282 g/mol. The molecule has 0 spiro atoms. The predicted octanol–water partition coefficient (Wildman–Crippen LogP) is 2.74. The maximum Gasteiger partial charge on any atom is 0.126 e. The molecular formula is C17H22N4. The minimum Gasteiger partial charge on any atom is -0.397 e. The number of benzene rings is 1. The van der Waals surface area contributed by atoms with Crippen LogP contribution < -0.4 is 11.1 Å². The SMILES string of the molecule is CC1C(Nc2ccc(N)cn2)CCN1Cc1ccccc1. The predicted molar refractivity (Wildman–Crippen MR) is 87.0 cm³/mol. The lowest BCUT2D eigenvalue weighted by Crippen LogP contribution is -2.35. The van der Waals surface area contributed by atoms with Crippen molar-refractivity contribution in [3.8, 4) is 0 Å². The Morgan fingerprint density at radius 2 is 2.05 bits per heavy atom. The summed E-state index contributed by atoms with van der Waals surface area (Å²) in [5.74, 6) is 0.905. The van der Waals surface area contributed by atoms with Gasteiger partial charge in [-0.2, -0.15) is 0 Å². The number of nitrogens with one attached hydrogen (secondary N) is 1. The third kappa shape index (κ3) is 3.34. The van der Waals surface area contributed by atoms with Crippen molar-refractivity contribution in [2.24, 2.45) is 0 Å². The number of aromatic nitrogens is 1. The van der Waals surface area contributed by atoms with Gasteiger partial charge in [0.15, 0.2) is 0 Å². The number of likely N-dealkylation sites (tertiary alicyclic amines) is 1. The normalized spacial score (nSPS) is 22.3. The summed E-state index contributed by atoms with van der Waals surface area (Å²) in [6.07, 6.45) is 2.84. The largest absolute Gasteiger partial charge is 0.397 e. The summed E-state index contributed by atoms with van der Waals surface area (Å²) < 4.78 is 0. The molecule has 2 heterocycles. The van der Waals surface area contributed by atoms with Crippen LogP contribution in [0.1, 0.15) is 18.9 Å². The van der Waals surface area contributed by atoms with Crippen LogP contribution in [0, 0.1) is 0 Å². The van der Waals surface area contributed by atoms with E-state index in [9.17, 15) is 0 Å². The van der Waals surface area contributed by atoms with Crippen LogP contribution in [0.15, 0.2) is 48.7 Å². The molecule has 21 heavy (non-hydrogen) atoms. The molecule has 4 nitrogen and oxygen atoms in total. The number of anilines is 2. The van der Waals surface area contributed by atoms with E-state index in [1.54, 1.807) is 6.20 Å². The first-order valence-corrected chi connectivity index (χ1v) is 7.48. The van der Waals surface area contributed by atoms with Crippen molar-refractivity contribution in [1.82, 2.24) is 9.88 Å². The molecule has 0 bridgehead atoms. The summed E-state index contributed by atoms with van der Waals surface area (Å²) in [7, 11) is 0. The molecule has 2 atom stereocenters. The molecule has 1 fully saturated rings. The van der Waals surface area contributed by atoms with E-state index >= 15 is 0 Å². The molecule has 1 aliphatic heterocycles. The molecule has 1 saturated heterocycles. The lowest BCUT2D eigenvalue weighted by Gasteiger charge is -2.25. The highest BCUT2D eigenvalue weighted by atomic mass is 15.2. The highest BCUT2D eigenvalue weighted by Gasteiger charge is 2.30. The Labute approximate surface area is 126 Å². The third-order valence-corrected chi connectivity index (χ3v) is 4.23. The minimum atomic E-state index is 0.435. The van der Waals surface area contributed by atoms with Gasteiger partial charge in [0.1, 0.15) is 5.82 Å². The summed E-state index contributed by atoms with van der Waals surface area (Å²) in [5.41, 5.74) is 7.74. The first-order valence-electron chi connectivity index (χ1n) is 7.48. The van der Waals surface area contributed by atoms with Gasteiger partial charge in [0.25, 0.3) is 0 Å². The smallest absolute Gasteiger partial charge is 0.126 e. The summed E-state index contributed by atoms with van der Waals surface area (Å²) in [5, 5.41) is 3.53. The molecule has 0 amide bonds. The van der Waals surface area contributed by atoms with E-state index < -0.39 is 0 Å². The van der Waals surface area contributed by atoms with Gasteiger partial charge >= 0.3 is 0 Å². The molecule has 0 radical (unpaired) electrons. The molecule has 2 aromatic rings. The fourth-order valence-electron chi connectivity index (χ4n) is 2.92. The summed E-state index contributed by atoms with van der Waals surface area (Å²) >= 11 is 0. The molecule has 0 saturated carbocycles. The molecule has 1 aromatic heterocycles. The lowest BCUT2D eigenvalue weighted by atomic mass is 10.1. The maximum atomic E-state index is 5.67. The fourth-order valence-corrected chi connectivity index (χ4v) is 2.92. The van der Waals surface area contributed by atoms with E-state index in [0.717, 1.165) is 25.3 Å². The summed E-state index contributed by atoms with van der Waals surface area (Å²) in [6, 6.07) is 15.4. The number of rotatable bonds is 4. The van der Waals surface area contributed by atoms with Gasteiger partial charge < -0.3 is 11.1 Å². The van der Waals surface area contributed by atoms with Crippen LogP contribution in [-0.2, 0) is 6.54 Å². The van der Waals surface area contributed by atoms with Crippen LogP contribution in [0.5, 0.6) is 0 Å². The number of nitrogen functional groups attached to an aromatic ring is 1. The van der Waals surface area contributed by atoms with E-state index in [0.29, 0.717) is 17.8 Å². The van der Waals surface area contributed by atoms with Crippen molar-refractivity contribution in [2.45, 2.75) is 32.0 Å². The highest BCUT2D eigenvalue weighted by molar-refractivity contribution is 5.44. The van der Waals surface area contributed by atoms with Crippen LogP contribution in [0.2, 0.25) is 0 Å². The van der Waals surface area contributed by atoms with Crippen LogP contribution in [0.3, 0.4) is 0 Å². The summed E-state index contributed by atoms with van der Waals surface area (Å²) in [6.45, 7) is 4.41. The Morgan fingerprint density at radius 3 is 2.76 bits per heavy atom. The molecule has 110 valence electrons. The molecule has 1 aromatic carbocycles. The van der Waals surface area contributed by atoms with E-state index in [-0.39, 0.29) is 0 Å². The van der Waals surface area contributed by atoms with E-state index in [2.05, 4.69) is 52.5 Å². The van der Waals surface area contributed by atoms with Crippen molar-refractivity contribution >= 4 is 11.5 Å². The van der Waals surface area contributed by atoms with Gasteiger partial charge in [-0.25, -0.2) is 4.98 Å². The first kappa shape index (κ1) is 13.9. The Hall–Kier alpha value is -2.07. The lowest BCUT2D eigenvalue weighted by molar-refractivity contribution is 0.255. The van der Waals surface area contributed by atoms with Gasteiger partial charge in [-0.3, -0.25) is 4.90 Å². The zero-order valence-corrected chi connectivity index (χ0v) is 12.4. The van der Waals surface area contributed by atoms with Crippen molar-refractivity contribution < 1.29 is 0 Å². The van der Waals surface area contributed by atoms with Crippen molar-refractivity contribution in [3.63, 3.8) is 0 Å². The van der Waals surface area contributed by atoms with Crippen molar-refractivity contribution in [3.05, 3.63) is 54.2 Å². The van der Waals surface area contributed by atoms with E-state index in [1.807, 2.05) is 12.1 Å². The Morgan fingerprint density at radius 1 is 1.24 bits per heavy atom. The van der Waals surface area contributed by atoms with Gasteiger partial charge in [0.05, 0.1) is 11.9 Å². The molecule has 4 heteroatoms. The van der Waals surface area contributed by atoms with Gasteiger partial charge in [-0.05, 0) is 31.0 Å². The zero-order valence-electron chi connectivity index (χ0n) is 12.4. The van der Waals surface area contributed by atoms with Crippen LogP contribution in [-0.4, -0.2) is 28.5 Å². The topological polar surface area (TPSA) is 54.2 Å². The molecule has 3 N–H and O–H groups in total. The third-order valence-electron chi connectivity index (χ3n) is 4.23. The number of pyridine rings is 1. The minimum absolute atomic E-state index is 0.435. The van der Waals surface area contributed by atoms with Crippen LogP contribution in [0.4, 0.5) is 11.5 Å². The quantitative estimate of drug-likeness (QED) is 0.905. The second-order valence-corrected chi connectivity index (χ2v) is 5.71. The van der Waals surface area contributed by atoms with Gasteiger partial charge in [0.2, 0.25) is 0 Å². The van der Waals surface area contributed by atoms with E-state index in [4.69, 9.17) is 5.73 Å². The van der Waals surface area contributed by atoms with Gasteiger partial charge in [-0.15, -0.1) is 0 Å². The van der Waals surface area contributed by atoms with Crippen molar-refractivity contribution in [2.75, 3.05) is 17.6 Å². The molecule has 3 rings (SSSR count). The Balaban J connectivity index is 1.61. The number of hydrogen-bond donors (Lipinski definition) is 2. The molecule has 0 aliphatic carbocycles. The number of nitrogens with two attached hydrogens (primary N) is 1. The Bertz CT molecular complexity index is 567. The molecule has 1 aliphatic rings. The second kappa shape index (κ2) is 6.14. The van der Waals surface area contributed by atoms with Crippen LogP contribution >= 0.6 is 0 Å². The maximum absolute atomic E-state index is 5.67. The second-order valence-electron chi connectivity index (χ2n) is 5.71. The standard InChI is InChI=1S/C17H22N4/c1-13-16(20-17-8-7-15(18)11-19-17)9-10-21(13)12-14-5-3-2-4-6-14/h2-8,11,13,16H,9-10,12,18H2,1H3,(H,19,20). The fraction of sp³-hybridized carbons (Fsp3) is 0.353. The number of hydrogen-bond acceptors (Lipinski definition) is 4. The molecular weight excluding hydrogens is 260 g/mol. The molecule has 2 unspecified atom stereocenters. The number of nitrogens with zero attached hydrogens (tertiary/aromatic N) is 2. The van der Waals surface area contributed by atoms with Gasteiger partial charge in [0, 0.05) is 25.2 Å². The van der Waals surface area contributed by atoms with Crippen LogP contribution in [0.25, 0.3) is 0 Å². The van der Waals surface area contributed by atoms with E-state index in [1.165, 1.54) is 5.56 Å². The first-order chi connectivity index (χ1) is 10.2. The Kier molecular flexibility index (Phi) is 4.06. The van der Waals surface area contributed by atoms with Gasteiger partial charge in [-0.1, -0.05) is 30.3 Å². The highest BCUT2D eigenvalue weighted by Crippen LogP contribution is 2.23. The average molecular weight is 282 g/mol. The zero-order chi connectivity index (χ0) is 14.7.